The third kappa shape index (κ3) is 4.85. The van der Waals surface area contributed by atoms with E-state index >= 15 is 0 Å². The van der Waals surface area contributed by atoms with E-state index < -0.39 is 0 Å². The topological polar surface area (TPSA) is 63.2 Å². The monoisotopic (exact) mass is 361 g/mol. The zero-order valence-electron chi connectivity index (χ0n) is 15.5. The first kappa shape index (κ1) is 18.5. The minimum atomic E-state index is -0.208. The zero-order chi connectivity index (χ0) is 19.1. The zero-order valence-corrected chi connectivity index (χ0v) is 15.5. The number of para-hydroxylation sites is 2. The van der Waals surface area contributed by atoms with Crippen molar-refractivity contribution in [2.45, 2.75) is 20.4 Å². The fourth-order valence-corrected chi connectivity index (χ4v) is 2.71. The Morgan fingerprint density at radius 1 is 1.07 bits per heavy atom. The first-order valence-corrected chi connectivity index (χ1v) is 8.95. The van der Waals surface area contributed by atoms with Gasteiger partial charge in [-0.15, -0.1) is 0 Å². The minimum absolute atomic E-state index is 0.208. The Kier molecular flexibility index (Phi) is 6.05. The number of aryl methyl sites for hydroxylation is 1. The van der Waals surface area contributed by atoms with Crippen LogP contribution in [0.25, 0.3) is 0 Å². The van der Waals surface area contributed by atoms with Crippen molar-refractivity contribution in [3.63, 3.8) is 0 Å². The number of hydrogen-bond acceptors (Lipinski definition) is 4. The molecule has 0 saturated heterocycles. The molecule has 5 nitrogen and oxygen atoms in total. The van der Waals surface area contributed by atoms with Gasteiger partial charge in [-0.3, -0.25) is 9.78 Å². The van der Waals surface area contributed by atoms with E-state index in [0.717, 1.165) is 28.3 Å². The highest BCUT2D eigenvalue weighted by Gasteiger charge is 2.10. The van der Waals surface area contributed by atoms with Gasteiger partial charge < -0.3 is 15.4 Å². The summed E-state index contributed by atoms with van der Waals surface area (Å²) in [6.45, 7) is 5.03. The lowest BCUT2D eigenvalue weighted by molar-refractivity contribution is 0.0946. The van der Waals surface area contributed by atoms with Crippen LogP contribution < -0.4 is 15.4 Å². The number of amides is 1. The summed E-state index contributed by atoms with van der Waals surface area (Å²) in [6.07, 6.45) is 1.62. The lowest BCUT2D eigenvalue weighted by Gasteiger charge is -2.13. The molecule has 1 aromatic heterocycles. The number of pyridine rings is 1. The number of rotatable bonds is 7. The van der Waals surface area contributed by atoms with E-state index in [1.807, 2.05) is 68.4 Å². The molecule has 3 rings (SSSR count). The van der Waals surface area contributed by atoms with Crippen LogP contribution in [0.3, 0.4) is 0 Å². The summed E-state index contributed by atoms with van der Waals surface area (Å²) in [4.78, 5) is 16.7. The summed E-state index contributed by atoms with van der Waals surface area (Å²) in [6, 6.07) is 19.2. The van der Waals surface area contributed by atoms with Crippen molar-refractivity contribution in [2.75, 3.05) is 11.9 Å². The Morgan fingerprint density at radius 2 is 1.85 bits per heavy atom. The first-order valence-electron chi connectivity index (χ1n) is 8.95. The van der Waals surface area contributed by atoms with Crippen LogP contribution in [-0.4, -0.2) is 17.5 Å². The number of carbonyl (C=O) groups is 1. The van der Waals surface area contributed by atoms with Crippen molar-refractivity contribution in [1.29, 1.82) is 0 Å². The van der Waals surface area contributed by atoms with E-state index in [1.54, 1.807) is 12.3 Å². The third-order valence-electron chi connectivity index (χ3n) is 4.16. The third-order valence-corrected chi connectivity index (χ3v) is 4.16. The van der Waals surface area contributed by atoms with Crippen LogP contribution in [0.2, 0.25) is 0 Å². The molecule has 0 aliphatic carbocycles. The minimum Gasteiger partial charge on any atom is -0.492 e. The summed E-state index contributed by atoms with van der Waals surface area (Å²) in [5.41, 5.74) is 4.22. The number of nitrogens with one attached hydrogen (secondary N) is 2. The van der Waals surface area contributed by atoms with E-state index in [4.69, 9.17) is 4.74 Å². The van der Waals surface area contributed by atoms with Gasteiger partial charge in [0.25, 0.3) is 5.91 Å². The van der Waals surface area contributed by atoms with E-state index in [-0.39, 0.29) is 5.91 Å². The second-order valence-corrected chi connectivity index (χ2v) is 6.09. The van der Waals surface area contributed by atoms with E-state index in [9.17, 15) is 4.79 Å². The average Bonchev–Trinajstić information content (AvgIpc) is 2.69. The molecule has 0 atom stereocenters. The van der Waals surface area contributed by atoms with E-state index in [2.05, 4.69) is 15.6 Å². The molecular formula is C22H23N3O2. The lowest BCUT2D eigenvalue weighted by Crippen LogP contribution is -2.24. The van der Waals surface area contributed by atoms with Gasteiger partial charge in [0.1, 0.15) is 11.4 Å². The quantitative estimate of drug-likeness (QED) is 0.652. The number of aromatic nitrogens is 1. The van der Waals surface area contributed by atoms with Crippen LogP contribution in [0.4, 0.5) is 11.4 Å². The molecule has 5 heteroatoms. The predicted molar refractivity (Wildman–Crippen MR) is 107 cm³/mol. The van der Waals surface area contributed by atoms with Crippen molar-refractivity contribution in [2.24, 2.45) is 0 Å². The molecule has 1 amide bonds. The molecule has 27 heavy (non-hydrogen) atoms. The average molecular weight is 361 g/mol. The maximum atomic E-state index is 12.5. The summed E-state index contributed by atoms with van der Waals surface area (Å²) in [5, 5.41) is 6.22. The summed E-state index contributed by atoms with van der Waals surface area (Å²) in [5.74, 6) is 0.558. The van der Waals surface area contributed by atoms with Crippen molar-refractivity contribution in [3.05, 3.63) is 83.7 Å². The Bertz CT molecular complexity index is 925. The fraction of sp³-hybridized carbons (Fsp3) is 0.182. The number of carbonyl (C=O) groups excluding carboxylic acids is 1. The van der Waals surface area contributed by atoms with Crippen LogP contribution in [0.15, 0.2) is 66.9 Å². The molecule has 0 spiro atoms. The van der Waals surface area contributed by atoms with Gasteiger partial charge in [-0.05, 0) is 49.2 Å². The molecule has 3 aromatic rings. The molecule has 0 fully saturated rings. The smallest absolute Gasteiger partial charge is 0.270 e. The van der Waals surface area contributed by atoms with Gasteiger partial charge in [-0.25, -0.2) is 0 Å². The first-order chi connectivity index (χ1) is 13.2. The van der Waals surface area contributed by atoms with Crippen molar-refractivity contribution in [3.8, 4) is 5.75 Å². The Hall–Kier alpha value is -3.34. The molecule has 138 valence electrons. The molecule has 0 unspecified atom stereocenters. The molecule has 0 aliphatic heterocycles. The highest BCUT2D eigenvalue weighted by atomic mass is 16.5. The van der Waals surface area contributed by atoms with Gasteiger partial charge in [-0.2, -0.15) is 0 Å². The number of ether oxygens (including phenoxy) is 1. The summed E-state index contributed by atoms with van der Waals surface area (Å²) >= 11 is 0. The van der Waals surface area contributed by atoms with E-state index in [0.29, 0.717) is 18.8 Å². The van der Waals surface area contributed by atoms with Crippen molar-refractivity contribution >= 4 is 17.3 Å². The van der Waals surface area contributed by atoms with Crippen LogP contribution in [0, 0.1) is 6.92 Å². The van der Waals surface area contributed by atoms with Crippen molar-refractivity contribution in [1.82, 2.24) is 10.3 Å². The van der Waals surface area contributed by atoms with Gasteiger partial charge >= 0.3 is 0 Å². The van der Waals surface area contributed by atoms with Gasteiger partial charge in [0.05, 0.1) is 12.3 Å². The number of anilines is 2. The maximum Gasteiger partial charge on any atom is 0.270 e. The van der Waals surface area contributed by atoms with Crippen LogP contribution >= 0.6 is 0 Å². The number of benzene rings is 2. The number of nitrogens with zero attached hydrogens (tertiary/aromatic N) is 1. The number of hydrogen-bond donors (Lipinski definition) is 2. The predicted octanol–water partition coefficient (Wildman–Crippen LogP) is 4.46. The second-order valence-electron chi connectivity index (χ2n) is 6.09. The van der Waals surface area contributed by atoms with Crippen LogP contribution in [0.1, 0.15) is 28.5 Å². The Morgan fingerprint density at radius 3 is 2.67 bits per heavy atom. The van der Waals surface area contributed by atoms with Gasteiger partial charge in [-0.1, -0.05) is 36.4 Å². The normalized spacial score (nSPS) is 10.3. The summed E-state index contributed by atoms with van der Waals surface area (Å²) in [7, 11) is 0. The highest BCUT2D eigenvalue weighted by molar-refractivity contribution is 5.93. The van der Waals surface area contributed by atoms with Gasteiger partial charge in [0.15, 0.2) is 0 Å². The standard InChI is InChI=1S/C22H23N3O2/c1-3-27-21-11-7-6-10-19(21)25-18-12-13-23-20(14-18)22(26)24-15-17-9-5-4-8-16(17)2/h4-14H,3,15H2,1-2H3,(H,23,25)(H,24,26). The molecule has 2 aromatic carbocycles. The van der Waals surface area contributed by atoms with Crippen LogP contribution in [0.5, 0.6) is 5.75 Å². The fourth-order valence-electron chi connectivity index (χ4n) is 2.71. The summed E-state index contributed by atoms with van der Waals surface area (Å²) < 4.78 is 5.63. The SMILES string of the molecule is CCOc1ccccc1Nc1ccnc(C(=O)NCc2ccccc2C)c1. The molecule has 0 aliphatic rings. The van der Waals surface area contributed by atoms with E-state index in [1.165, 1.54) is 0 Å². The molecule has 0 radical (unpaired) electrons. The van der Waals surface area contributed by atoms with Gasteiger partial charge in [0.2, 0.25) is 0 Å². The molecule has 0 saturated carbocycles. The largest absolute Gasteiger partial charge is 0.492 e. The molecule has 2 N–H and O–H groups in total. The lowest BCUT2D eigenvalue weighted by atomic mass is 10.1. The Balaban J connectivity index is 1.70. The molecule has 1 heterocycles. The van der Waals surface area contributed by atoms with Gasteiger partial charge in [0, 0.05) is 18.4 Å². The van der Waals surface area contributed by atoms with Crippen molar-refractivity contribution < 1.29 is 9.53 Å². The molecular weight excluding hydrogens is 338 g/mol. The maximum absolute atomic E-state index is 12.5. The molecule has 0 bridgehead atoms. The highest BCUT2D eigenvalue weighted by Crippen LogP contribution is 2.27. The van der Waals surface area contributed by atoms with Crippen LogP contribution in [-0.2, 0) is 6.54 Å². The second kappa shape index (κ2) is 8.85. The Labute approximate surface area is 159 Å².